The van der Waals surface area contributed by atoms with Crippen molar-refractivity contribution in [2.45, 2.75) is 76.6 Å². The van der Waals surface area contributed by atoms with E-state index in [4.69, 9.17) is 0 Å². The Balaban J connectivity index is 2.01. The number of carbonyl (C=O) groups is 1. The fourth-order valence-corrected chi connectivity index (χ4v) is 3.92. The van der Waals surface area contributed by atoms with Crippen LogP contribution >= 0.6 is 11.8 Å². The molecule has 142 valence electrons. The standard InChI is InChI=1S/C21H34O3S/c1-2-3-12-19(21(23)24)13-9-15-20(22)14-7-8-16-25-17-18-10-5-4-6-11-18/h4-6,10-11,19-20,22H,2-3,7-9,12-17H2,1H3,(H,23,24). The first-order valence-corrected chi connectivity index (χ1v) is 10.8. The summed E-state index contributed by atoms with van der Waals surface area (Å²) in [5, 5.41) is 19.3. The van der Waals surface area contributed by atoms with E-state index in [2.05, 4.69) is 31.2 Å². The normalized spacial score (nSPS) is 13.5. The van der Waals surface area contributed by atoms with Crippen LogP contribution in [-0.2, 0) is 10.5 Å². The Morgan fingerprint density at radius 3 is 2.36 bits per heavy atom. The molecule has 3 nitrogen and oxygen atoms in total. The molecular formula is C21H34O3S. The van der Waals surface area contributed by atoms with E-state index in [9.17, 15) is 15.0 Å². The second kappa shape index (κ2) is 14.2. The van der Waals surface area contributed by atoms with Crippen molar-refractivity contribution in [2.24, 2.45) is 5.92 Å². The van der Waals surface area contributed by atoms with E-state index >= 15 is 0 Å². The SMILES string of the molecule is CCCCC(CCCC(O)CCCCSCc1ccccc1)C(=O)O. The Kier molecular flexibility index (Phi) is 12.5. The molecule has 25 heavy (non-hydrogen) atoms. The molecule has 0 heterocycles. The van der Waals surface area contributed by atoms with Gasteiger partial charge in [0.1, 0.15) is 0 Å². The Labute approximate surface area is 157 Å². The maximum absolute atomic E-state index is 11.2. The molecule has 0 bridgehead atoms. The third kappa shape index (κ3) is 11.3. The van der Waals surface area contributed by atoms with E-state index in [0.717, 1.165) is 62.9 Å². The summed E-state index contributed by atoms with van der Waals surface area (Å²) >= 11 is 1.94. The van der Waals surface area contributed by atoms with E-state index in [1.807, 2.05) is 17.8 Å². The summed E-state index contributed by atoms with van der Waals surface area (Å²) in [6.45, 7) is 2.08. The number of aliphatic carboxylic acids is 1. The lowest BCUT2D eigenvalue weighted by molar-refractivity contribution is -0.142. The number of aliphatic hydroxyl groups excluding tert-OH is 1. The molecule has 1 aromatic carbocycles. The van der Waals surface area contributed by atoms with Gasteiger partial charge in [-0.25, -0.2) is 0 Å². The van der Waals surface area contributed by atoms with Gasteiger partial charge in [-0.2, -0.15) is 11.8 Å². The molecule has 1 aromatic rings. The number of carboxylic acid groups (broad SMARTS) is 1. The zero-order valence-electron chi connectivity index (χ0n) is 15.5. The van der Waals surface area contributed by atoms with Gasteiger partial charge < -0.3 is 10.2 Å². The highest BCUT2D eigenvalue weighted by atomic mass is 32.2. The summed E-state index contributed by atoms with van der Waals surface area (Å²) in [5.74, 6) is 1.26. The number of benzene rings is 1. The second-order valence-corrected chi connectivity index (χ2v) is 7.90. The molecular weight excluding hydrogens is 332 g/mol. The van der Waals surface area contributed by atoms with Gasteiger partial charge in [-0.05, 0) is 43.4 Å². The van der Waals surface area contributed by atoms with Crippen LogP contribution in [0.1, 0.15) is 70.3 Å². The van der Waals surface area contributed by atoms with Gasteiger partial charge in [-0.3, -0.25) is 4.79 Å². The van der Waals surface area contributed by atoms with Crippen LogP contribution in [0.4, 0.5) is 0 Å². The summed E-state index contributed by atoms with van der Waals surface area (Å²) in [6, 6.07) is 10.5. The smallest absolute Gasteiger partial charge is 0.306 e. The highest BCUT2D eigenvalue weighted by Crippen LogP contribution is 2.19. The van der Waals surface area contributed by atoms with Crippen molar-refractivity contribution in [3.05, 3.63) is 35.9 Å². The van der Waals surface area contributed by atoms with Crippen LogP contribution in [0, 0.1) is 5.92 Å². The molecule has 0 aromatic heterocycles. The van der Waals surface area contributed by atoms with Crippen molar-refractivity contribution in [2.75, 3.05) is 5.75 Å². The van der Waals surface area contributed by atoms with E-state index in [-0.39, 0.29) is 12.0 Å². The third-order valence-electron chi connectivity index (χ3n) is 4.53. The predicted octanol–water partition coefficient (Wildman–Crippen LogP) is 5.51. The molecule has 1 rings (SSSR count). The lowest BCUT2D eigenvalue weighted by Gasteiger charge is -2.14. The number of rotatable bonds is 15. The number of carboxylic acids is 1. The summed E-state index contributed by atoms with van der Waals surface area (Å²) in [5.41, 5.74) is 1.36. The largest absolute Gasteiger partial charge is 0.481 e. The van der Waals surface area contributed by atoms with Gasteiger partial charge >= 0.3 is 5.97 Å². The third-order valence-corrected chi connectivity index (χ3v) is 5.65. The molecule has 0 spiro atoms. The van der Waals surface area contributed by atoms with Gasteiger partial charge in [0, 0.05) is 5.75 Å². The fraction of sp³-hybridized carbons (Fsp3) is 0.667. The minimum absolute atomic E-state index is 0.235. The fourth-order valence-electron chi connectivity index (χ4n) is 2.93. The van der Waals surface area contributed by atoms with Crippen molar-refractivity contribution in [3.8, 4) is 0 Å². The Hall–Kier alpha value is -1.00. The number of hydrogen-bond acceptors (Lipinski definition) is 3. The lowest BCUT2D eigenvalue weighted by atomic mass is 9.94. The molecule has 0 aliphatic heterocycles. The monoisotopic (exact) mass is 366 g/mol. The summed E-state index contributed by atoms with van der Waals surface area (Å²) in [4.78, 5) is 11.2. The average Bonchev–Trinajstić information content (AvgIpc) is 2.61. The Bertz CT molecular complexity index is 450. The van der Waals surface area contributed by atoms with Gasteiger partial charge in [0.2, 0.25) is 0 Å². The molecule has 0 fully saturated rings. The Morgan fingerprint density at radius 2 is 1.68 bits per heavy atom. The van der Waals surface area contributed by atoms with E-state index < -0.39 is 5.97 Å². The minimum Gasteiger partial charge on any atom is -0.481 e. The van der Waals surface area contributed by atoms with E-state index in [1.165, 1.54) is 5.56 Å². The quantitative estimate of drug-likeness (QED) is 0.402. The predicted molar refractivity (Wildman–Crippen MR) is 107 cm³/mol. The lowest BCUT2D eigenvalue weighted by Crippen LogP contribution is -2.15. The summed E-state index contributed by atoms with van der Waals surface area (Å²) < 4.78 is 0. The number of hydrogen-bond donors (Lipinski definition) is 2. The van der Waals surface area contributed by atoms with E-state index in [0.29, 0.717) is 6.42 Å². The van der Waals surface area contributed by atoms with Gasteiger partial charge in [0.05, 0.1) is 12.0 Å². The number of unbranched alkanes of at least 4 members (excludes halogenated alkanes) is 2. The molecule has 2 N–H and O–H groups in total. The summed E-state index contributed by atoms with van der Waals surface area (Å²) in [7, 11) is 0. The van der Waals surface area contributed by atoms with Gasteiger partial charge in [-0.15, -0.1) is 0 Å². The molecule has 2 atom stereocenters. The topological polar surface area (TPSA) is 57.5 Å². The Morgan fingerprint density at radius 1 is 1.00 bits per heavy atom. The van der Waals surface area contributed by atoms with Gasteiger partial charge in [-0.1, -0.05) is 62.9 Å². The minimum atomic E-state index is -0.682. The first kappa shape index (κ1) is 22.0. The number of aliphatic hydroxyl groups is 1. The highest BCUT2D eigenvalue weighted by Gasteiger charge is 2.16. The molecule has 0 aliphatic carbocycles. The van der Waals surface area contributed by atoms with Crippen molar-refractivity contribution in [1.29, 1.82) is 0 Å². The number of thioether (sulfide) groups is 1. The zero-order chi connectivity index (χ0) is 18.3. The zero-order valence-corrected chi connectivity index (χ0v) is 16.3. The molecule has 0 saturated heterocycles. The van der Waals surface area contributed by atoms with Crippen LogP contribution < -0.4 is 0 Å². The highest BCUT2D eigenvalue weighted by molar-refractivity contribution is 7.98. The first-order valence-electron chi connectivity index (χ1n) is 9.66. The maximum Gasteiger partial charge on any atom is 0.306 e. The van der Waals surface area contributed by atoms with Crippen LogP contribution in [0.2, 0.25) is 0 Å². The van der Waals surface area contributed by atoms with Crippen LogP contribution in [0.5, 0.6) is 0 Å². The van der Waals surface area contributed by atoms with Crippen LogP contribution in [0.25, 0.3) is 0 Å². The van der Waals surface area contributed by atoms with Crippen molar-refractivity contribution >= 4 is 17.7 Å². The van der Waals surface area contributed by atoms with E-state index in [1.54, 1.807) is 0 Å². The van der Waals surface area contributed by atoms with Crippen molar-refractivity contribution in [3.63, 3.8) is 0 Å². The molecule has 0 amide bonds. The van der Waals surface area contributed by atoms with Gasteiger partial charge in [0.15, 0.2) is 0 Å². The molecule has 2 unspecified atom stereocenters. The average molecular weight is 367 g/mol. The van der Waals surface area contributed by atoms with Gasteiger partial charge in [0.25, 0.3) is 0 Å². The second-order valence-electron chi connectivity index (χ2n) is 6.80. The maximum atomic E-state index is 11.2. The van der Waals surface area contributed by atoms with Crippen LogP contribution in [-0.4, -0.2) is 28.0 Å². The van der Waals surface area contributed by atoms with Crippen molar-refractivity contribution in [1.82, 2.24) is 0 Å². The first-order chi connectivity index (χ1) is 12.1. The molecule has 0 saturated carbocycles. The molecule has 4 heteroatoms. The molecule has 0 aliphatic rings. The summed E-state index contributed by atoms with van der Waals surface area (Å²) in [6.07, 6.45) is 7.73. The van der Waals surface area contributed by atoms with Crippen molar-refractivity contribution < 1.29 is 15.0 Å². The van der Waals surface area contributed by atoms with Crippen LogP contribution in [0.3, 0.4) is 0 Å². The van der Waals surface area contributed by atoms with Crippen LogP contribution in [0.15, 0.2) is 30.3 Å². The molecule has 0 radical (unpaired) electrons.